The molecule has 2 N–H and O–H groups in total. The fourth-order valence-electron chi connectivity index (χ4n) is 4.22. The molecule has 1 saturated heterocycles. The van der Waals surface area contributed by atoms with E-state index in [-0.39, 0.29) is 29.8 Å². The summed E-state index contributed by atoms with van der Waals surface area (Å²) in [5.74, 6) is 0.361. The van der Waals surface area contributed by atoms with Gasteiger partial charge >= 0.3 is 0 Å². The number of carbonyl (C=O) groups excluding carboxylic acids is 2. The maximum atomic E-state index is 12.9. The highest BCUT2D eigenvalue weighted by molar-refractivity contribution is 6.00. The quantitative estimate of drug-likeness (QED) is 0.630. The fraction of sp³-hybridized carbons (Fsp3) is 0.481. The Hall–Kier alpha value is -2.82. The Morgan fingerprint density at radius 3 is 2.22 bits per heavy atom. The van der Waals surface area contributed by atoms with Gasteiger partial charge in [0.25, 0.3) is 5.91 Å². The molecule has 1 aliphatic rings. The lowest BCUT2D eigenvalue weighted by Gasteiger charge is -2.35. The highest BCUT2D eigenvalue weighted by atomic mass is 16.2. The molecule has 2 aromatic rings. The predicted molar refractivity (Wildman–Crippen MR) is 131 cm³/mol. The Morgan fingerprint density at radius 1 is 0.969 bits per heavy atom. The molecule has 32 heavy (non-hydrogen) atoms. The van der Waals surface area contributed by atoms with E-state index in [1.165, 1.54) is 0 Å². The number of amides is 2. The van der Waals surface area contributed by atoms with Crippen molar-refractivity contribution in [2.24, 2.45) is 5.92 Å². The molecule has 1 fully saturated rings. The monoisotopic (exact) mass is 435 g/mol. The van der Waals surface area contributed by atoms with Crippen molar-refractivity contribution in [1.82, 2.24) is 10.6 Å². The summed E-state index contributed by atoms with van der Waals surface area (Å²) in [5.41, 5.74) is 2.76. The Kier molecular flexibility index (Phi) is 8.32. The minimum atomic E-state index is -0.110. The lowest BCUT2D eigenvalue weighted by atomic mass is 9.94. The number of para-hydroxylation sites is 1. The molecule has 5 nitrogen and oxygen atoms in total. The van der Waals surface area contributed by atoms with Crippen LogP contribution in [-0.2, 0) is 4.79 Å². The van der Waals surface area contributed by atoms with Crippen molar-refractivity contribution in [3.8, 4) is 0 Å². The summed E-state index contributed by atoms with van der Waals surface area (Å²) in [5, 5.41) is 6.39. The normalized spacial score (nSPS) is 16.5. The van der Waals surface area contributed by atoms with E-state index >= 15 is 0 Å². The molecule has 1 heterocycles. The topological polar surface area (TPSA) is 61.4 Å². The van der Waals surface area contributed by atoms with Crippen LogP contribution in [-0.4, -0.2) is 37.0 Å². The molecular weight excluding hydrogens is 398 g/mol. The predicted octanol–water partition coefficient (Wildman–Crippen LogP) is 4.74. The van der Waals surface area contributed by atoms with Gasteiger partial charge in [0.2, 0.25) is 5.91 Å². The highest BCUT2D eigenvalue weighted by Gasteiger charge is 2.26. The van der Waals surface area contributed by atoms with E-state index in [0.29, 0.717) is 5.92 Å². The summed E-state index contributed by atoms with van der Waals surface area (Å²) in [7, 11) is 0. The molecule has 1 aliphatic heterocycles. The second-order valence-electron chi connectivity index (χ2n) is 9.16. The van der Waals surface area contributed by atoms with E-state index in [2.05, 4.69) is 36.3 Å². The van der Waals surface area contributed by atoms with Crippen LogP contribution in [0.25, 0.3) is 0 Å². The van der Waals surface area contributed by atoms with E-state index < -0.39 is 0 Å². The Morgan fingerprint density at radius 2 is 1.59 bits per heavy atom. The number of carbonyl (C=O) groups is 2. The van der Waals surface area contributed by atoms with Gasteiger partial charge in [-0.15, -0.1) is 0 Å². The summed E-state index contributed by atoms with van der Waals surface area (Å²) in [6.45, 7) is 9.95. The number of benzene rings is 2. The Labute approximate surface area is 192 Å². The van der Waals surface area contributed by atoms with Crippen LogP contribution in [0.15, 0.2) is 54.6 Å². The van der Waals surface area contributed by atoms with Gasteiger partial charge in [-0.25, -0.2) is 0 Å². The molecule has 3 rings (SSSR count). The summed E-state index contributed by atoms with van der Waals surface area (Å²) in [4.78, 5) is 28.1. The average Bonchev–Trinajstić information content (AvgIpc) is 2.80. The SMILES string of the molecule is CCC(C(=O)NC1CCN(c2ccccc2C(=O)NC(C)C(C)C)CC1)c1ccccc1. The maximum absolute atomic E-state index is 12.9. The van der Waals surface area contributed by atoms with Gasteiger partial charge in [-0.1, -0.05) is 63.2 Å². The van der Waals surface area contributed by atoms with Crippen LogP contribution in [0.3, 0.4) is 0 Å². The average molecular weight is 436 g/mol. The molecule has 172 valence electrons. The minimum Gasteiger partial charge on any atom is -0.371 e. The first-order valence-electron chi connectivity index (χ1n) is 11.9. The Balaban J connectivity index is 1.60. The second-order valence-corrected chi connectivity index (χ2v) is 9.16. The maximum Gasteiger partial charge on any atom is 0.253 e. The number of nitrogens with one attached hydrogen (secondary N) is 2. The largest absolute Gasteiger partial charge is 0.371 e. The number of nitrogens with zero attached hydrogens (tertiary/aromatic N) is 1. The molecule has 0 radical (unpaired) electrons. The molecule has 2 atom stereocenters. The van der Waals surface area contributed by atoms with Crippen LogP contribution >= 0.6 is 0 Å². The summed E-state index contributed by atoms with van der Waals surface area (Å²) < 4.78 is 0. The summed E-state index contributed by atoms with van der Waals surface area (Å²) in [6, 6.07) is 18.1. The minimum absolute atomic E-state index is 0.0223. The number of anilines is 1. The van der Waals surface area contributed by atoms with Gasteiger partial charge in [0, 0.05) is 30.9 Å². The van der Waals surface area contributed by atoms with Crippen molar-refractivity contribution in [2.45, 2.75) is 65.0 Å². The van der Waals surface area contributed by atoms with Crippen molar-refractivity contribution < 1.29 is 9.59 Å². The molecular formula is C27H37N3O2. The van der Waals surface area contributed by atoms with Crippen LogP contribution in [0.4, 0.5) is 5.69 Å². The van der Waals surface area contributed by atoms with E-state index in [1.54, 1.807) is 0 Å². The van der Waals surface area contributed by atoms with Crippen LogP contribution in [0.2, 0.25) is 0 Å². The Bertz CT molecular complexity index is 889. The van der Waals surface area contributed by atoms with Crippen LogP contribution < -0.4 is 15.5 Å². The first-order valence-corrected chi connectivity index (χ1v) is 11.9. The molecule has 0 aliphatic carbocycles. The van der Waals surface area contributed by atoms with E-state index in [9.17, 15) is 9.59 Å². The number of rotatable bonds is 8. The van der Waals surface area contributed by atoms with Crippen molar-refractivity contribution >= 4 is 17.5 Å². The van der Waals surface area contributed by atoms with Crippen molar-refractivity contribution in [1.29, 1.82) is 0 Å². The van der Waals surface area contributed by atoms with Gasteiger partial charge in [-0.05, 0) is 49.8 Å². The third-order valence-electron chi connectivity index (χ3n) is 6.62. The lowest BCUT2D eigenvalue weighted by molar-refractivity contribution is -0.123. The standard InChI is InChI=1S/C27H37N3O2/c1-5-23(21-11-7-6-8-12-21)26(31)29-22-15-17-30(18-16-22)25-14-10-9-13-24(25)27(32)28-20(4)19(2)3/h6-14,19-20,22-23H,5,15-18H2,1-4H3,(H,28,32)(H,29,31). The van der Waals surface area contributed by atoms with E-state index in [0.717, 1.165) is 49.2 Å². The second kappa shape index (κ2) is 11.2. The first-order chi connectivity index (χ1) is 15.4. The zero-order valence-corrected chi connectivity index (χ0v) is 19.8. The van der Waals surface area contributed by atoms with Crippen molar-refractivity contribution in [3.05, 3.63) is 65.7 Å². The van der Waals surface area contributed by atoms with Crippen molar-refractivity contribution in [2.75, 3.05) is 18.0 Å². The number of hydrogen-bond acceptors (Lipinski definition) is 3. The third kappa shape index (κ3) is 5.90. The lowest BCUT2D eigenvalue weighted by Crippen LogP contribution is -2.46. The van der Waals surface area contributed by atoms with Gasteiger partial charge in [0.15, 0.2) is 0 Å². The molecule has 0 aromatic heterocycles. The van der Waals surface area contributed by atoms with Gasteiger partial charge in [-0.2, -0.15) is 0 Å². The van der Waals surface area contributed by atoms with Gasteiger partial charge in [0.05, 0.1) is 11.5 Å². The molecule has 5 heteroatoms. The molecule has 2 aromatic carbocycles. The molecule has 0 spiro atoms. The van der Waals surface area contributed by atoms with Crippen LogP contribution in [0.1, 0.15) is 68.8 Å². The van der Waals surface area contributed by atoms with Crippen molar-refractivity contribution in [3.63, 3.8) is 0 Å². The van der Waals surface area contributed by atoms with E-state index in [4.69, 9.17) is 0 Å². The van der Waals surface area contributed by atoms with E-state index in [1.807, 2.05) is 61.5 Å². The zero-order chi connectivity index (χ0) is 23.1. The molecule has 2 amide bonds. The molecule has 0 saturated carbocycles. The van der Waals surface area contributed by atoms with Gasteiger partial charge in [-0.3, -0.25) is 9.59 Å². The van der Waals surface area contributed by atoms with Crippen LogP contribution in [0, 0.1) is 5.92 Å². The third-order valence-corrected chi connectivity index (χ3v) is 6.62. The fourth-order valence-corrected chi connectivity index (χ4v) is 4.22. The molecule has 2 unspecified atom stereocenters. The summed E-state index contributed by atoms with van der Waals surface area (Å²) >= 11 is 0. The highest BCUT2D eigenvalue weighted by Crippen LogP contribution is 2.26. The van der Waals surface area contributed by atoms with Gasteiger partial charge < -0.3 is 15.5 Å². The molecule has 0 bridgehead atoms. The van der Waals surface area contributed by atoms with Gasteiger partial charge in [0.1, 0.15) is 0 Å². The number of piperidine rings is 1. The first kappa shape index (κ1) is 23.8. The summed E-state index contributed by atoms with van der Waals surface area (Å²) in [6.07, 6.45) is 2.52. The van der Waals surface area contributed by atoms with Crippen LogP contribution in [0.5, 0.6) is 0 Å². The smallest absolute Gasteiger partial charge is 0.253 e. The zero-order valence-electron chi connectivity index (χ0n) is 19.8. The number of hydrogen-bond donors (Lipinski definition) is 2.